The molecule has 146 valence electrons. The van der Waals surface area contributed by atoms with Crippen molar-refractivity contribution in [3.8, 4) is 0 Å². The Morgan fingerprint density at radius 2 is 1.76 bits per heavy atom. The first-order chi connectivity index (χ1) is 14.0. The highest BCUT2D eigenvalue weighted by Crippen LogP contribution is 2.31. The predicted octanol–water partition coefficient (Wildman–Crippen LogP) is 3.53. The van der Waals surface area contributed by atoms with E-state index in [1.165, 1.54) is 6.07 Å². The van der Waals surface area contributed by atoms with Gasteiger partial charge in [0.05, 0.1) is 0 Å². The first-order valence-electron chi connectivity index (χ1n) is 9.69. The number of fused-ring (bicyclic) bond motifs is 1. The van der Waals surface area contributed by atoms with Crippen LogP contribution in [0.1, 0.15) is 55.4 Å². The Bertz CT molecular complexity index is 1120. The molecule has 0 fully saturated rings. The minimum absolute atomic E-state index is 0.0256. The van der Waals surface area contributed by atoms with Gasteiger partial charge in [-0.3, -0.25) is 14.4 Å². The van der Waals surface area contributed by atoms with Crippen LogP contribution >= 0.6 is 0 Å². The van der Waals surface area contributed by atoms with E-state index in [2.05, 4.69) is 10.3 Å². The second-order valence-electron chi connectivity index (χ2n) is 7.51. The molecule has 0 unspecified atom stereocenters. The van der Waals surface area contributed by atoms with Crippen molar-refractivity contribution < 1.29 is 9.59 Å². The van der Waals surface area contributed by atoms with E-state index in [1.807, 2.05) is 61.5 Å². The summed E-state index contributed by atoms with van der Waals surface area (Å²) < 4.78 is 0. The van der Waals surface area contributed by atoms with Crippen LogP contribution < -0.4 is 10.9 Å². The Morgan fingerprint density at radius 1 is 1.03 bits per heavy atom. The number of Topliss-reactive ketones (excluding diaryl/α,β-unsaturated/α-hetero) is 1. The van der Waals surface area contributed by atoms with Gasteiger partial charge in [0.2, 0.25) is 0 Å². The summed E-state index contributed by atoms with van der Waals surface area (Å²) in [4.78, 5) is 40.5. The summed E-state index contributed by atoms with van der Waals surface area (Å²) in [6, 6.07) is 19.1. The molecule has 0 spiro atoms. The molecule has 5 heteroatoms. The molecule has 1 heterocycles. The smallest absolute Gasteiger partial charge is 0.261 e. The van der Waals surface area contributed by atoms with Gasteiger partial charge in [-0.25, -0.2) is 0 Å². The van der Waals surface area contributed by atoms with Crippen LogP contribution in [0.25, 0.3) is 0 Å². The highest BCUT2D eigenvalue weighted by atomic mass is 16.2. The molecule has 2 N–H and O–H groups in total. The minimum atomic E-state index is -0.479. The highest BCUT2D eigenvalue weighted by Gasteiger charge is 2.28. The van der Waals surface area contributed by atoms with E-state index in [0.717, 1.165) is 16.7 Å². The Labute approximate surface area is 168 Å². The molecule has 1 aliphatic rings. The lowest BCUT2D eigenvalue weighted by Gasteiger charge is -2.24. The normalized spacial score (nSPS) is 15.6. The van der Waals surface area contributed by atoms with Gasteiger partial charge in [-0.15, -0.1) is 0 Å². The van der Waals surface area contributed by atoms with Crippen molar-refractivity contribution in [2.45, 2.75) is 32.2 Å². The van der Waals surface area contributed by atoms with Gasteiger partial charge in [-0.2, -0.15) is 0 Å². The Kier molecular flexibility index (Phi) is 5.12. The zero-order chi connectivity index (χ0) is 20.4. The first-order valence-corrected chi connectivity index (χ1v) is 9.69. The van der Waals surface area contributed by atoms with Crippen LogP contribution in [0.4, 0.5) is 0 Å². The number of aromatic nitrogens is 1. The van der Waals surface area contributed by atoms with Gasteiger partial charge in [0.1, 0.15) is 5.56 Å². The number of nitrogens with one attached hydrogen (secondary N) is 2. The SMILES string of the molecule is Cc1ccc(CNC(=O)c2cc3c([nH]c2=O)C[C@H](c2ccccc2)CC3=O)cc1. The molecule has 1 amide bonds. The summed E-state index contributed by atoms with van der Waals surface area (Å²) in [6.45, 7) is 2.31. The van der Waals surface area contributed by atoms with E-state index in [1.54, 1.807) is 0 Å². The van der Waals surface area contributed by atoms with E-state index >= 15 is 0 Å². The van der Waals surface area contributed by atoms with Gasteiger partial charge < -0.3 is 10.3 Å². The molecule has 0 radical (unpaired) electrons. The Hall–Kier alpha value is -3.47. The maximum atomic E-state index is 12.7. The second-order valence-corrected chi connectivity index (χ2v) is 7.51. The average Bonchev–Trinajstić information content (AvgIpc) is 2.73. The fourth-order valence-corrected chi connectivity index (χ4v) is 3.74. The van der Waals surface area contributed by atoms with Crippen LogP contribution in [0.5, 0.6) is 0 Å². The van der Waals surface area contributed by atoms with Crippen molar-refractivity contribution in [3.05, 3.63) is 105 Å². The average molecular weight is 386 g/mol. The Morgan fingerprint density at radius 3 is 2.48 bits per heavy atom. The molecule has 0 saturated carbocycles. The second kappa shape index (κ2) is 7.87. The molecule has 29 heavy (non-hydrogen) atoms. The number of hydrogen-bond donors (Lipinski definition) is 2. The third kappa shape index (κ3) is 4.04. The summed E-state index contributed by atoms with van der Waals surface area (Å²) in [5, 5.41) is 2.76. The third-order valence-corrected chi connectivity index (χ3v) is 5.39. The molecule has 5 nitrogen and oxygen atoms in total. The number of benzene rings is 2. The molecule has 0 bridgehead atoms. The van der Waals surface area contributed by atoms with Crippen LogP contribution in [0.15, 0.2) is 65.5 Å². The topological polar surface area (TPSA) is 79.0 Å². The standard InChI is InChI=1S/C24H22N2O3/c1-15-7-9-16(10-8-15)14-25-23(28)20-13-19-21(26-24(20)29)11-18(12-22(19)27)17-5-3-2-4-6-17/h2-10,13,18H,11-12,14H2,1H3,(H,25,28)(H,26,29)/t18-/m0/s1. The van der Waals surface area contributed by atoms with Gasteiger partial charge in [-0.05, 0) is 36.5 Å². The summed E-state index contributed by atoms with van der Waals surface area (Å²) >= 11 is 0. The van der Waals surface area contributed by atoms with Crippen molar-refractivity contribution in [1.29, 1.82) is 0 Å². The van der Waals surface area contributed by atoms with Gasteiger partial charge in [0.25, 0.3) is 11.5 Å². The number of aromatic amines is 1. The summed E-state index contributed by atoms with van der Waals surface area (Å²) in [5.41, 5.74) is 3.72. The van der Waals surface area contributed by atoms with E-state index in [4.69, 9.17) is 0 Å². The van der Waals surface area contributed by atoms with Crippen molar-refractivity contribution in [2.24, 2.45) is 0 Å². The molecule has 1 aromatic heterocycles. The minimum Gasteiger partial charge on any atom is -0.348 e. The van der Waals surface area contributed by atoms with E-state index < -0.39 is 11.5 Å². The maximum Gasteiger partial charge on any atom is 0.261 e. The molecular formula is C24H22N2O3. The zero-order valence-electron chi connectivity index (χ0n) is 16.2. The number of hydrogen-bond acceptors (Lipinski definition) is 3. The number of H-pyrrole nitrogens is 1. The van der Waals surface area contributed by atoms with E-state index in [0.29, 0.717) is 30.6 Å². The van der Waals surface area contributed by atoms with Crippen molar-refractivity contribution in [1.82, 2.24) is 10.3 Å². The number of carbonyl (C=O) groups excluding carboxylic acids is 2. The summed E-state index contributed by atoms with van der Waals surface area (Å²) in [5.74, 6) is -0.496. The number of ketones is 1. The van der Waals surface area contributed by atoms with Gasteiger partial charge in [-0.1, -0.05) is 60.2 Å². The Balaban J connectivity index is 1.54. The lowest BCUT2D eigenvalue weighted by molar-refractivity contribution is 0.0949. The molecule has 0 saturated heterocycles. The molecular weight excluding hydrogens is 364 g/mol. The van der Waals surface area contributed by atoms with Crippen LogP contribution in [-0.2, 0) is 13.0 Å². The molecule has 1 aliphatic carbocycles. The number of rotatable bonds is 4. The molecule has 1 atom stereocenters. The molecule has 4 rings (SSSR count). The monoisotopic (exact) mass is 386 g/mol. The van der Waals surface area contributed by atoms with Gasteiger partial charge in [0, 0.05) is 24.2 Å². The van der Waals surface area contributed by atoms with E-state index in [9.17, 15) is 14.4 Å². The van der Waals surface area contributed by atoms with Crippen LogP contribution in [0.3, 0.4) is 0 Å². The highest BCUT2D eigenvalue weighted by molar-refractivity contribution is 6.02. The lowest BCUT2D eigenvalue weighted by atomic mass is 9.81. The lowest BCUT2D eigenvalue weighted by Crippen LogP contribution is -2.32. The van der Waals surface area contributed by atoms with Crippen LogP contribution in [0, 0.1) is 6.92 Å². The fourth-order valence-electron chi connectivity index (χ4n) is 3.74. The molecule has 0 aliphatic heterocycles. The van der Waals surface area contributed by atoms with Gasteiger partial charge >= 0.3 is 0 Å². The van der Waals surface area contributed by atoms with Gasteiger partial charge in [0.15, 0.2) is 5.78 Å². The largest absolute Gasteiger partial charge is 0.348 e. The first kappa shape index (κ1) is 18.9. The molecule has 3 aromatic rings. The third-order valence-electron chi connectivity index (χ3n) is 5.39. The predicted molar refractivity (Wildman–Crippen MR) is 111 cm³/mol. The quantitative estimate of drug-likeness (QED) is 0.720. The number of pyridine rings is 1. The van der Waals surface area contributed by atoms with Crippen molar-refractivity contribution >= 4 is 11.7 Å². The van der Waals surface area contributed by atoms with Crippen molar-refractivity contribution in [3.63, 3.8) is 0 Å². The number of carbonyl (C=O) groups is 2. The summed E-state index contributed by atoms with van der Waals surface area (Å²) in [7, 11) is 0. The van der Waals surface area contributed by atoms with E-state index in [-0.39, 0.29) is 17.3 Å². The maximum absolute atomic E-state index is 12.7. The molecule has 2 aromatic carbocycles. The fraction of sp³-hybridized carbons (Fsp3) is 0.208. The van der Waals surface area contributed by atoms with Crippen molar-refractivity contribution in [2.75, 3.05) is 0 Å². The zero-order valence-corrected chi connectivity index (χ0v) is 16.2. The van der Waals surface area contributed by atoms with Crippen LogP contribution in [0.2, 0.25) is 0 Å². The number of aryl methyl sites for hydroxylation is 1. The van der Waals surface area contributed by atoms with Crippen LogP contribution in [-0.4, -0.2) is 16.7 Å². The summed E-state index contributed by atoms with van der Waals surface area (Å²) in [6.07, 6.45) is 0.944. The number of amides is 1.